The molecule has 2 heteroatoms. The van der Waals surface area contributed by atoms with Crippen LogP contribution in [0.2, 0.25) is 0 Å². The molecule has 1 fully saturated rings. The monoisotopic (exact) mass is 124 g/mol. The molecule has 0 aromatic carbocycles. The van der Waals surface area contributed by atoms with Crippen molar-refractivity contribution < 1.29 is 9.90 Å². The fourth-order valence-corrected chi connectivity index (χ4v) is 1.00. The van der Waals surface area contributed by atoms with Crippen LogP contribution in [0, 0.1) is 12.3 Å². The Balaban J connectivity index is 2.82. The average Bonchev–Trinajstić information content (AvgIpc) is 2.15. The van der Waals surface area contributed by atoms with Gasteiger partial charge in [0.15, 0.2) is 11.4 Å². The number of carbonyl (C=O) groups excluding carboxylic acids is 1. The Morgan fingerprint density at radius 1 is 1.78 bits per heavy atom. The highest BCUT2D eigenvalue weighted by Gasteiger charge is 2.37. The maximum atomic E-state index is 10.7. The summed E-state index contributed by atoms with van der Waals surface area (Å²) >= 11 is 0. The molecule has 1 saturated carbocycles. The minimum Gasteiger partial charge on any atom is -0.371 e. The van der Waals surface area contributed by atoms with Crippen molar-refractivity contribution in [3.63, 3.8) is 0 Å². The van der Waals surface area contributed by atoms with Crippen LogP contribution in [0.25, 0.3) is 0 Å². The van der Waals surface area contributed by atoms with Crippen molar-refractivity contribution in [3.05, 3.63) is 0 Å². The van der Waals surface area contributed by atoms with E-state index in [1.165, 1.54) is 0 Å². The summed E-state index contributed by atoms with van der Waals surface area (Å²) in [6.07, 6.45) is 6.52. The number of terminal acetylenes is 1. The van der Waals surface area contributed by atoms with Crippen LogP contribution in [0.4, 0.5) is 0 Å². The van der Waals surface area contributed by atoms with Gasteiger partial charge in [-0.3, -0.25) is 4.79 Å². The van der Waals surface area contributed by atoms with Gasteiger partial charge in [-0.05, 0) is 12.8 Å². The third kappa shape index (κ3) is 0.839. The van der Waals surface area contributed by atoms with E-state index in [-0.39, 0.29) is 5.78 Å². The lowest BCUT2D eigenvalue weighted by molar-refractivity contribution is -0.128. The Morgan fingerprint density at radius 3 is 2.67 bits per heavy atom. The van der Waals surface area contributed by atoms with Gasteiger partial charge in [-0.2, -0.15) is 0 Å². The van der Waals surface area contributed by atoms with Gasteiger partial charge in [0.2, 0.25) is 0 Å². The van der Waals surface area contributed by atoms with Crippen LogP contribution >= 0.6 is 0 Å². The molecule has 2 nitrogen and oxygen atoms in total. The molecule has 1 aliphatic carbocycles. The molecule has 0 aliphatic heterocycles. The molecule has 0 bridgehead atoms. The summed E-state index contributed by atoms with van der Waals surface area (Å²) in [5, 5.41) is 9.18. The summed E-state index contributed by atoms with van der Waals surface area (Å²) < 4.78 is 0. The maximum Gasteiger partial charge on any atom is 0.183 e. The van der Waals surface area contributed by atoms with E-state index in [0.717, 1.165) is 6.42 Å². The molecule has 1 aliphatic rings. The fraction of sp³-hybridized carbons (Fsp3) is 0.571. The minimum absolute atomic E-state index is 0.204. The van der Waals surface area contributed by atoms with Crippen molar-refractivity contribution in [2.45, 2.75) is 24.9 Å². The Kier molecular flexibility index (Phi) is 1.30. The topological polar surface area (TPSA) is 37.3 Å². The van der Waals surface area contributed by atoms with E-state index >= 15 is 0 Å². The highest BCUT2D eigenvalue weighted by Crippen LogP contribution is 2.24. The lowest BCUT2D eigenvalue weighted by atomic mass is 10.0. The molecule has 1 unspecified atom stereocenters. The lowest BCUT2D eigenvalue weighted by Gasteiger charge is -2.10. The molecule has 1 rings (SSSR count). The predicted octanol–water partition coefficient (Wildman–Crippen LogP) is 0.104. The molecular formula is C7H8O2. The standard InChI is InChI=1S/C7H8O2/c1-2-7(9)5-3-4-6(7)8/h1,9H,3-5H2. The molecule has 0 spiro atoms. The normalized spacial score (nSPS) is 34.4. The first kappa shape index (κ1) is 6.31. The van der Waals surface area contributed by atoms with E-state index in [0.29, 0.717) is 12.8 Å². The van der Waals surface area contributed by atoms with Crippen molar-refractivity contribution in [1.29, 1.82) is 0 Å². The van der Waals surface area contributed by atoms with E-state index in [9.17, 15) is 9.90 Å². The van der Waals surface area contributed by atoms with Gasteiger partial charge in [-0.15, -0.1) is 6.42 Å². The van der Waals surface area contributed by atoms with Crippen molar-refractivity contribution in [2.24, 2.45) is 0 Å². The fourth-order valence-electron chi connectivity index (χ4n) is 1.00. The Labute approximate surface area is 53.9 Å². The largest absolute Gasteiger partial charge is 0.371 e. The van der Waals surface area contributed by atoms with Crippen LogP contribution in [0.3, 0.4) is 0 Å². The highest BCUT2D eigenvalue weighted by atomic mass is 16.3. The molecule has 48 valence electrons. The number of rotatable bonds is 0. The Bertz CT molecular complexity index is 178. The summed E-state index contributed by atoms with van der Waals surface area (Å²) in [6, 6.07) is 0. The summed E-state index contributed by atoms with van der Waals surface area (Å²) in [7, 11) is 0. The molecule has 0 heterocycles. The molecule has 0 saturated heterocycles. The first-order chi connectivity index (χ1) is 4.19. The van der Waals surface area contributed by atoms with Gasteiger partial charge >= 0.3 is 0 Å². The summed E-state index contributed by atoms with van der Waals surface area (Å²) in [5.41, 5.74) is -1.42. The van der Waals surface area contributed by atoms with Gasteiger partial charge in [0.05, 0.1) is 0 Å². The van der Waals surface area contributed by atoms with E-state index in [1.54, 1.807) is 0 Å². The van der Waals surface area contributed by atoms with E-state index in [2.05, 4.69) is 5.92 Å². The van der Waals surface area contributed by atoms with Gasteiger partial charge in [0.1, 0.15) is 0 Å². The minimum atomic E-state index is -1.42. The van der Waals surface area contributed by atoms with E-state index in [1.807, 2.05) is 0 Å². The van der Waals surface area contributed by atoms with Crippen LogP contribution < -0.4 is 0 Å². The van der Waals surface area contributed by atoms with Gasteiger partial charge in [-0.25, -0.2) is 0 Å². The molecule has 9 heavy (non-hydrogen) atoms. The van der Waals surface area contributed by atoms with Crippen LogP contribution in [-0.2, 0) is 4.79 Å². The summed E-state index contributed by atoms with van der Waals surface area (Å²) in [6.45, 7) is 0. The molecular weight excluding hydrogens is 116 g/mol. The van der Waals surface area contributed by atoms with Crippen molar-refractivity contribution in [2.75, 3.05) is 0 Å². The second kappa shape index (κ2) is 1.85. The second-order valence-electron chi connectivity index (χ2n) is 2.28. The third-order valence-corrected chi connectivity index (χ3v) is 1.64. The lowest BCUT2D eigenvalue weighted by Crippen LogP contribution is -2.30. The van der Waals surface area contributed by atoms with Crippen molar-refractivity contribution in [3.8, 4) is 12.3 Å². The molecule has 1 N–H and O–H groups in total. The van der Waals surface area contributed by atoms with Crippen LogP contribution in [0.15, 0.2) is 0 Å². The Morgan fingerprint density at radius 2 is 2.44 bits per heavy atom. The zero-order valence-electron chi connectivity index (χ0n) is 5.05. The average molecular weight is 124 g/mol. The first-order valence-corrected chi connectivity index (χ1v) is 2.92. The summed E-state index contributed by atoms with van der Waals surface area (Å²) in [4.78, 5) is 10.7. The third-order valence-electron chi connectivity index (χ3n) is 1.64. The number of hydrogen-bond donors (Lipinski definition) is 1. The van der Waals surface area contributed by atoms with Gasteiger partial charge in [-0.1, -0.05) is 5.92 Å². The molecule has 0 amide bonds. The quantitative estimate of drug-likeness (QED) is 0.465. The maximum absolute atomic E-state index is 10.7. The molecule has 1 atom stereocenters. The second-order valence-corrected chi connectivity index (χ2v) is 2.28. The zero-order chi connectivity index (χ0) is 6.91. The number of aliphatic hydroxyl groups is 1. The highest BCUT2D eigenvalue weighted by molar-refractivity contribution is 5.92. The van der Waals surface area contributed by atoms with Gasteiger partial charge in [0, 0.05) is 6.42 Å². The number of ketones is 1. The number of Topliss-reactive ketones (excluding diaryl/α,β-unsaturated/α-hetero) is 1. The van der Waals surface area contributed by atoms with Gasteiger partial charge in [0.25, 0.3) is 0 Å². The van der Waals surface area contributed by atoms with Crippen LogP contribution in [-0.4, -0.2) is 16.5 Å². The van der Waals surface area contributed by atoms with Crippen molar-refractivity contribution in [1.82, 2.24) is 0 Å². The van der Waals surface area contributed by atoms with Gasteiger partial charge < -0.3 is 5.11 Å². The molecule has 0 aromatic rings. The van der Waals surface area contributed by atoms with Crippen LogP contribution in [0.5, 0.6) is 0 Å². The van der Waals surface area contributed by atoms with E-state index < -0.39 is 5.60 Å². The molecule has 0 radical (unpaired) electrons. The first-order valence-electron chi connectivity index (χ1n) is 2.92. The van der Waals surface area contributed by atoms with Crippen LogP contribution in [0.1, 0.15) is 19.3 Å². The van der Waals surface area contributed by atoms with E-state index in [4.69, 9.17) is 6.42 Å². The Hall–Kier alpha value is -0.810. The SMILES string of the molecule is C#CC1(O)CCCC1=O. The molecule has 0 aromatic heterocycles. The zero-order valence-corrected chi connectivity index (χ0v) is 5.05. The summed E-state index contributed by atoms with van der Waals surface area (Å²) in [5.74, 6) is 1.89. The number of hydrogen-bond acceptors (Lipinski definition) is 2. The number of carbonyl (C=O) groups is 1. The smallest absolute Gasteiger partial charge is 0.183 e. The van der Waals surface area contributed by atoms with Crippen molar-refractivity contribution >= 4 is 5.78 Å². The predicted molar refractivity (Wildman–Crippen MR) is 32.6 cm³/mol.